The molecule has 2 N–H and O–H groups in total. The molecule has 2 unspecified atom stereocenters. The Bertz CT molecular complexity index is 285. The van der Waals surface area contributed by atoms with Crippen molar-refractivity contribution in [2.24, 2.45) is 0 Å². The molecule has 19 heavy (non-hydrogen) atoms. The van der Waals surface area contributed by atoms with E-state index in [-0.39, 0.29) is 11.9 Å². The van der Waals surface area contributed by atoms with Crippen molar-refractivity contribution >= 4 is 5.91 Å². The molecule has 0 aromatic heterocycles. The van der Waals surface area contributed by atoms with Gasteiger partial charge < -0.3 is 15.4 Å². The Hall–Kier alpha value is -0.820. The van der Waals surface area contributed by atoms with Crippen LogP contribution < -0.4 is 10.6 Å². The fraction of sp³-hybridized carbons (Fsp3) is 0.917. The standard InChI is InChI=1S/C12H21F3N2O2/c1-16-6-5-11(18)17-9-3-2-4-10(7-9)19-8-12(13,14)15/h9-10,16H,2-8H2,1H3,(H,17,18). The first-order valence-electron chi connectivity index (χ1n) is 6.53. The molecule has 0 spiro atoms. The molecule has 2 atom stereocenters. The number of halogens is 3. The maximum Gasteiger partial charge on any atom is 0.411 e. The first-order valence-corrected chi connectivity index (χ1v) is 6.53. The predicted octanol–water partition coefficient (Wildman–Crippen LogP) is 1.60. The Morgan fingerprint density at radius 1 is 1.37 bits per heavy atom. The number of rotatable bonds is 6. The summed E-state index contributed by atoms with van der Waals surface area (Å²) in [5.41, 5.74) is 0. The van der Waals surface area contributed by atoms with Crippen LogP contribution in [0.4, 0.5) is 13.2 Å². The number of hydrogen-bond acceptors (Lipinski definition) is 3. The van der Waals surface area contributed by atoms with Crippen LogP contribution in [0.1, 0.15) is 32.1 Å². The van der Waals surface area contributed by atoms with Crippen molar-refractivity contribution in [2.75, 3.05) is 20.2 Å². The molecule has 4 nitrogen and oxygen atoms in total. The smallest absolute Gasteiger partial charge is 0.369 e. The number of ether oxygens (including phenoxy) is 1. The molecule has 0 saturated heterocycles. The van der Waals surface area contributed by atoms with Crippen LogP contribution >= 0.6 is 0 Å². The monoisotopic (exact) mass is 282 g/mol. The van der Waals surface area contributed by atoms with E-state index in [9.17, 15) is 18.0 Å². The Labute approximate surface area is 111 Å². The molecule has 0 aromatic rings. The van der Waals surface area contributed by atoms with E-state index in [4.69, 9.17) is 4.74 Å². The molecule has 1 aliphatic rings. The molecule has 0 radical (unpaired) electrons. The number of alkyl halides is 3. The van der Waals surface area contributed by atoms with Crippen molar-refractivity contribution in [1.29, 1.82) is 0 Å². The third kappa shape index (κ3) is 7.37. The Morgan fingerprint density at radius 2 is 2.11 bits per heavy atom. The van der Waals surface area contributed by atoms with Gasteiger partial charge in [0.1, 0.15) is 6.61 Å². The highest BCUT2D eigenvalue weighted by Gasteiger charge is 2.31. The lowest BCUT2D eigenvalue weighted by Crippen LogP contribution is -2.41. The summed E-state index contributed by atoms with van der Waals surface area (Å²) in [4.78, 5) is 11.5. The Balaban J connectivity index is 2.27. The van der Waals surface area contributed by atoms with Crippen LogP contribution in [0.3, 0.4) is 0 Å². The molecule has 1 rings (SSSR count). The van der Waals surface area contributed by atoms with Crippen LogP contribution in [0.2, 0.25) is 0 Å². The van der Waals surface area contributed by atoms with Gasteiger partial charge in [0.15, 0.2) is 0 Å². The summed E-state index contributed by atoms with van der Waals surface area (Å²) >= 11 is 0. The van der Waals surface area contributed by atoms with Crippen molar-refractivity contribution < 1.29 is 22.7 Å². The van der Waals surface area contributed by atoms with Crippen LogP contribution in [-0.4, -0.2) is 44.4 Å². The van der Waals surface area contributed by atoms with Crippen LogP contribution in [-0.2, 0) is 9.53 Å². The summed E-state index contributed by atoms with van der Waals surface area (Å²) < 4.78 is 41.0. The van der Waals surface area contributed by atoms with E-state index in [1.54, 1.807) is 7.05 Å². The maximum absolute atomic E-state index is 12.1. The molecule has 0 aromatic carbocycles. The van der Waals surface area contributed by atoms with E-state index >= 15 is 0 Å². The van der Waals surface area contributed by atoms with Crippen LogP contribution in [0, 0.1) is 0 Å². The van der Waals surface area contributed by atoms with Gasteiger partial charge in [-0.1, -0.05) is 0 Å². The minimum atomic E-state index is -4.29. The van der Waals surface area contributed by atoms with Gasteiger partial charge in [-0.25, -0.2) is 0 Å². The summed E-state index contributed by atoms with van der Waals surface area (Å²) in [6.45, 7) is -0.620. The molecule has 0 bridgehead atoms. The van der Waals surface area contributed by atoms with Crippen molar-refractivity contribution in [3.05, 3.63) is 0 Å². The Morgan fingerprint density at radius 3 is 2.74 bits per heavy atom. The first-order chi connectivity index (χ1) is 8.90. The summed E-state index contributed by atoms with van der Waals surface area (Å²) in [5, 5.41) is 5.71. The SMILES string of the molecule is CNCCC(=O)NC1CCCC(OCC(F)(F)F)C1. The van der Waals surface area contributed by atoms with E-state index in [1.165, 1.54) is 0 Å². The molecular formula is C12H21F3N2O2. The number of carbonyl (C=O) groups is 1. The fourth-order valence-corrected chi connectivity index (χ4v) is 2.18. The second-order valence-corrected chi connectivity index (χ2v) is 4.83. The van der Waals surface area contributed by atoms with Crippen LogP contribution in [0.25, 0.3) is 0 Å². The lowest BCUT2D eigenvalue weighted by Gasteiger charge is -2.30. The molecule has 0 aliphatic heterocycles. The lowest BCUT2D eigenvalue weighted by atomic mass is 9.92. The van der Waals surface area contributed by atoms with Crippen LogP contribution in [0.15, 0.2) is 0 Å². The maximum atomic E-state index is 12.1. The highest BCUT2D eigenvalue weighted by molar-refractivity contribution is 5.76. The molecule has 0 heterocycles. The third-order valence-corrected chi connectivity index (χ3v) is 3.08. The van der Waals surface area contributed by atoms with E-state index < -0.39 is 18.9 Å². The highest BCUT2D eigenvalue weighted by atomic mass is 19.4. The molecule has 1 fully saturated rings. The van der Waals surface area contributed by atoms with Crippen molar-refractivity contribution in [1.82, 2.24) is 10.6 Å². The van der Waals surface area contributed by atoms with Crippen molar-refractivity contribution in [2.45, 2.75) is 50.4 Å². The molecule has 1 saturated carbocycles. The normalized spacial score (nSPS) is 24.2. The molecule has 112 valence electrons. The van der Waals surface area contributed by atoms with Gasteiger partial charge >= 0.3 is 6.18 Å². The molecule has 7 heteroatoms. The van der Waals surface area contributed by atoms with E-state index in [0.29, 0.717) is 25.8 Å². The van der Waals surface area contributed by atoms with E-state index in [0.717, 1.165) is 12.8 Å². The summed E-state index contributed by atoms with van der Waals surface area (Å²) in [6.07, 6.45) is -1.66. The predicted molar refractivity (Wildman–Crippen MR) is 64.7 cm³/mol. The average molecular weight is 282 g/mol. The molecular weight excluding hydrogens is 261 g/mol. The van der Waals surface area contributed by atoms with E-state index in [2.05, 4.69) is 10.6 Å². The van der Waals surface area contributed by atoms with Crippen molar-refractivity contribution in [3.8, 4) is 0 Å². The van der Waals surface area contributed by atoms with Gasteiger partial charge in [0, 0.05) is 19.0 Å². The Kier molecular flexibility index (Phi) is 6.57. The average Bonchev–Trinajstić information content (AvgIpc) is 2.33. The number of hydrogen-bond donors (Lipinski definition) is 2. The quantitative estimate of drug-likeness (QED) is 0.778. The number of nitrogens with one attached hydrogen (secondary N) is 2. The molecule has 1 aliphatic carbocycles. The third-order valence-electron chi connectivity index (χ3n) is 3.08. The zero-order chi connectivity index (χ0) is 14.3. The summed E-state index contributed by atoms with van der Waals surface area (Å²) in [6, 6.07) is -0.0728. The van der Waals surface area contributed by atoms with Gasteiger partial charge in [-0.3, -0.25) is 4.79 Å². The number of carbonyl (C=O) groups excluding carboxylic acids is 1. The van der Waals surface area contributed by atoms with Crippen LogP contribution in [0.5, 0.6) is 0 Å². The van der Waals surface area contributed by atoms with Gasteiger partial charge in [-0.2, -0.15) is 13.2 Å². The van der Waals surface area contributed by atoms with Gasteiger partial charge in [0.25, 0.3) is 0 Å². The van der Waals surface area contributed by atoms with Gasteiger partial charge in [0.05, 0.1) is 6.10 Å². The number of amides is 1. The topological polar surface area (TPSA) is 50.4 Å². The summed E-state index contributed by atoms with van der Waals surface area (Å²) in [7, 11) is 1.76. The van der Waals surface area contributed by atoms with Gasteiger partial charge in [-0.05, 0) is 32.7 Å². The zero-order valence-electron chi connectivity index (χ0n) is 11.1. The van der Waals surface area contributed by atoms with Gasteiger partial charge in [0.2, 0.25) is 5.91 Å². The lowest BCUT2D eigenvalue weighted by molar-refractivity contribution is -0.188. The highest BCUT2D eigenvalue weighted by Crippen LogP contribution is 2.24. The van der Waals surface area contributed by atoms with Gasteiger partial charge in [-0.15, -0.1) is 0 Å². The molecule has 1 amide bonds. The van der Waals surface area contributed by atoms with Crippen molar-refractivity contribution in [3.63, 3.8) is 0 Å². The van der Waals surface area contributed by atoms with E-state index in [1.807, 2.05) is 0 Å². The first kappa shape index (κ1) is 16.2. The minimum absolute atomic E-state index is 0.0728. The second-order valence-electron chi connectivity index (χ2n) is 4.83. The zero-order valence-corrected chi connectivity index (χ0v) is 11.1. The fourth-order valence-electron chi connectivity index (χ4n) is 2.18. The minimum Gasteiger partial charge on any atom is -0.369 e. The summed E-state index contributed by atoms with van der Waals surface area (Å²) in [5.74, 6) is -0.0733. The second kappa shape index (κ2) is 7.69. The largest absolute Gasteiger partial charge is 0.411 e.